The average molecular weight is 395 g/mol. The molecule has 0 unspecified atom stereocenters. The lowest BCUT2D eigenvalue weighted by molar-refractivity contribution is -0.134. The fourth-order valence-corrected chi connectivity index (χ4v) is 3.32. The van der Waals surface area contributed by atoms with E-state index in [2.05, 4.69) is 23.7 Å². The highest BCUT2D eigenvalue weighted by Crippen LogP contribution is 2.25. The van der Waals surface area contributed by atoms with Gasteiger partial charge in [-0.25, -0.2) is 14.5 Å². The molecule has 0 bridgehead atoms. The normalized spacial score (nSPS) is 11.1. The van der Waals surface area contributed by atoms with Crippen LogP contribution in [0.3, 0.4) is 0 Å². The van der Waals surface area contributed by atoms with E-state index in [0.29, 0.717) is 17.7 Å². The highest BCUT2D eigenvalue weighted by atomic mass is 16.5. The Hall–Kier alpha value is -3.22. The van der Waals surface area contributed by atoms with Crippen molar-refractivity contribution in [2.75, 3.05) is 7.11 Å². The molecular formula is C22H25N3O4. The number of rotatable bonds is 6. The smallest absolute Gasteiger partial charge is 0.337 e. The fraction of sp³-hybridized carbons (Fsp3) is 0.364. The molecule has 0 fully saturated rings. The van der Waals surface area contributed by atoms with Gasteiger partial charge in [-0.3, -0.25) is 4.79 Å². The number of fused-ring (bicyclic) bond motifs is 1. The van der Waals surface area contributed by atoms with Crippen molar-refractivity contribution in [2.45, 2.75) is 46.6 Å². The summed E-state index contributed by atoms with van der Waals surface area (Å²) < 4.78 is 11.9. The summed E-state index contributed by atoms with van der Waals surface area (Å²) in [6.45, 7) is 8.13. The number of hydrogen-bond acceptors (Lipinski definition) is 6. The Morgan fingerprint density at radius 1 is 1.14 bits per heavy atom. The van der Waals surface area contributed by atoms with Crippen molar-refractivity contribution < 1.29 is 19.1 Å². The zero-order chi connectivity index (χ0) is 21.1. The number of nitrogens with zero attached hydrogens (tertiary/aromatic N) is 3. The number of carbonyl (C=O) groups is 2. The second kappa shape index (κ2) is 8.43. The fourth-order valence-electron chi connectivity index (χ4n) is 3.32. The molecule has 0 aliphatic carbocycles. The predicted octanol–water partition coefficient (Wildman–Crippen LogP) is 3.95. The molecule has 0 amide bonds. The second-order valence-corrected chi connectivity index (χ2v) is 7.21. The Labute approximate surface area is 169 Å². The molecule has 7 heteroatoms. The number of hydrogen-bond donors (Lipinski definition) is 0. The van der Waals surface area contributed by atoms with Crippen LogP contribution in [-0.4, -0.2) is 33.8 Å². The van der Waals surface area contributed by atoms with Gasteiger partial charge in [0.05, 0.1) is 25.3 Å². The van der Waals surface area contributed by atoms with Gasteiger partial charge in [0, 0.05) is 17.1 Å². The molecule has 0 N–H and O–H groups in total. The van der Waals surface area contributed by atoms with E-state index in [9.17, 15) is 9.59 Å². The van der Waals surface area contributed by atoms with Crippen LogP contribution < -0.4 is 4.74 Å². The quantitative estimate of drug-likeness (QED) is 0.464. The highest BCUT2D eigenvalue weighted by Gasteiger charge is 2.16. The summed E-state index contributed by atoms with van der Waals surface area (Å²) in [6, 6.07) is 6.51. The third-order valence-corrected chi connectivity index (χ3v) is 4.91. The number of aryl methyl sites for hydroxylation is 2. The Balaban J connectivity index is 1.70. The summed E-state index contributed by atoms with van der Waals surface area (Å²) in [4.78, 5) is 28.5. The molecule has 0 aliphatic heterocycles. The molecule has 0 spiro atoms. The Morgan fingerprint density at radius 2 is 1.83 bits per heavy atom. The largest absolute Gasteiger partial charge is 0.465 e. The first-order valence-electron chi connectivity index (χ1n) is 9.54. The van der Waals surface area contributed by atoms with Gasteiger partial charge in [-0.15, -0.1) is 0 Å². The molecule has 0 saturated heterocycles. The third kappa shape index (κ3) is 4.29. The van der Waals surface area contributed by atoms with Crippen LogP contribution in [0, 0.1) is 13.8 Å². The molecule has 0 radical (unpaired) electrons. The van der Waals surface area contributed by atoms with Crippen molar-refractivity contribution in [3.63, 3.8) is 0 Å². The van der Waals surface area contributed by atoms with Gasteiger partial charge in [0.25, 0.3) is 0 Å². The van der Waals surface area contributed by atoms with E-state index in [1.165, 1.54) is 7.11 Å². The van der Waals surface area contributed by atoms with E-state index in [-0.39, 0.29) is 18.4 Å². The van der Waals surface area contributed by atoms with Crippen molar-refractivity contribution in [1.29, 1.82) is 0 Å². The first-order valence-corrected chi connectivity index (χ1v) is 9.54. The zero-order valence-electron chi connectivity index (χ0n) is 17.4. The Kier molecular flexibility index (Phi) is 5.96. The van der Waals surface area contributed by atoms with E-state index < -0.39 is 5.97 Å². The van der Waals surface area contributed by atoms with E-state index in [1.54, 1.807) is 24.3 Å². The van der Waals surface area contributed by atoms with E-state index in [1.807, 2.05) is 24.7 Å². The first kappa shape index (κ1) is 20.5. The first-order chi connectivity index (χ1) is 13.8. The Bertz CT molecular complexity index is 1050. The van der Waals surface area contributed by atoms with Crippen LogP contribution in [0.25, 0.3) is 11.0 Å². The lowest BCUT2D eigenvalue weighted by atomic mass is 10.0. The van der Waals surface area contributed by atoms with Crippen molar-refractivity contribution in [3.05, 3.63) is 52.8 Å². The lowest BCUT2D eigenvalue weighted by Gasteiger charge is -2.12. The minimum absolute atomic E-state index is 0.227. The molecule has 152 valence electrons. The third-order valence-electron chi connectivity index (χ3n) is 4.91. The summed E-state index contributed by atoms with van der Waals surface area (Å²) in [6.07, 6.45) is 2.60. The molecule has 3 aromatic rings. The van der Waals surface area contributed by atoms with Gasteiger partial charge < -0.3 is 9.47 Å². The second-order valence-electron chi connectivity index (χ2n) is 7.21. The van der Waals surface area contributed by atoms with Crippen LogP contribution in [-0.2, 0) is 16.0 Å². The van der Waals surface area contributed by atoms with Crippen LogP contribution in [0.5, 0.6) is 5.75 Å². The van der Waals surface area contributed by atoms with Crippen molar-refractivity contribution >= 4 is 23.0 Å². The highest BCUT2D eigenvalue weighted by molar-refractivity contribution is 5.89. The van der Waals surface area contributed by atoms with Crippen molar-refractivity contribution in [2.24, 2.45) is 0 Å². The number of carbonyl (C=O) groups excluding carboxylic acids is 2. The zero-order valence-corrected chi connectivity index (χ0v) is 17.4. The number of esters is 2. The standard InChI is InChI=1S/C22H25N3O4/c1-13(2)25-21-19(12-23-25)14(3)18(15(4)24-21)10-11-20(26)29-17-8-6-16(7-9-17)22(27)28-5/h6-9,12-13H,10-11H2,1-5H3. The molecule has 2 heterocycles. The molecule has 2 aromatic heterocycles. The van der Waals surface area contributed by atoms with Crippen LogP contribution in [0.1, 0.15) is 53.5 Å². The van der Waals surface area contributed by atoms with E-state index >= 15 is 0 Å². The van der Waals surface area contributed by atoms with Gasteiger partial charge in [-0.2, -0.15) is 5.10 Å². The number of pyridine rings is 1. The Morgan fingerprint density at radius 3 is 2.45 bits per heavy atom. The molecule has 3 rings (SSSR count). The van der Waals surface area contributed by atoms with Crippen LogP contribution in [0.2, 0.25) is 0 Å². The molecular weight excluding hydrogens is 370 g/mol. The maximum absolute atomic E-state index is 12.3. The molecule has 7 nitrogen and oxygen atoms in total. The minimum Gasteiger partial charge on any atom is -0.465 e. The summed E-state index contributed by atoms with van der Waals surface area (Å²) >= 11 is 0. The van der Waals surface area contributed by atoms with Crippen LogP contribution in [0.4, 0.5) is 0 Å². The van der Waals surface area contributed by atoms with Gasteiger partial charge >= 0.3 is 11.9 Å². The van der Waals surface area contributed by atoms with Crippen LogP contribution >= 0.6 is 0 Å². The number of benzene rings is 1. The average Bonchev–Trinajstić information content (AvgIpc) is 3.12. The van der Waals surface area contributed by atoms with E-state index in [0.717, 1.165) is 27.9 Å². The van der Waals surface area contributed by atoms with Gasteiger partial charge in [0.2, 0.25) is 0 Å². The van der Waals surface area contributed by atoms with Crippen molar-refractivity contribution in [1.82, 2.24) is 14.8 Å². The molecule has 29 heavy (non-hydrogen) atoms. The lowest BCUT2D eigenvalue weighted by Crippen LogP contribution is -2.11. The van der Waals surface area contributed by atoms with Gasteiger partial charge in [0.15, 0.2) is 5.65 Å². The minimum atomic E-state index is -0.433. The molecule has 1 aromatic carbocycles. The monoisotopic (exact) mass is 395 g/mol. The summed E-state index contributed by atoms with van der Waals surface area (Å²) in [5.74, 6) is -0.381. The van der Waals surface area contributed by atoms with Gasteiger partial charge in [-0.05, 0) is 69.5 Å². The SMILES string of the molecule is COC(=O)c1ccc(OC(=O)CCc2c(C)nc3c(cnn3C(C)C)c2C)cc1. The summed E-state index contributed by atoms with van der Waals surface area (Å²) in [7, 11) is 1.32. The predicted molar refractivity (Wildman–Crippen MR) is 109 cm³/mol. The molecule has 0 saturated carbocycles. The van der Waals surface area contributed by atoms with Gasteiger partial charge in [0.1, 0.15) is 5.75 Å². The molecule has 0 aliphatic rings. The number of methoxy groups -OCH3 is 1. The number of ether oxygens (including phenoxy) is 2. The number of aromatic nitrogens is 3. The van der Waals surface area contributed by atoms with Crippen molar-refractivity contribution in [3.8, 4) is 5.75 Å². The maximum atomic E-state index is 12.3. The maximum Gasteiger partial charge on any atom is 0.337 e. The topological polar surface area (TPSA) is 83.3 Å². The van der Waals surface area contributed by atoms with Gasteiger partial charge in [-0.1, -0.05) is 0 Å². The summed E-state index contributed by atoms with van der Waals surface area (Å²) in [5.41, 5.74) is 4.30. The van der Waals surface area contributed by atoms with Crippen LogP contribution in [0.15, 0.2) is 30.5 Å². The summed E-state index contributed by atoms with van der Waals surface area (Å²) in [5, 5.41) is 5.45. The molecule has 0 atom stereocenters. The van der Waals surface area contributed by atoms with E-state index in [4.69, 9.17) is 9.72 Å².